The summed E-state index contributed by atoms with van der Waals surface area (Å²) in [4.78, 5) is 31.3. The number of nitrogens with one attached hydrogen (secondary N) is 2. The number of likely N-dealkylation sites (tertiary alicyclic amines) is 1. The first-order valence-corrected chi connectivity index (χ1v) is 8.95. The summed E-state index contributed by atoms with van der Waals surface area (Å²) in [5.41, 5.74) is 1.77. The van der Waals surface area contributed by atoms with Crippen LogP contribution in [-0.2, 0) is 16.0 Å². The summed E-state index contributed by atoms with van der Waals surface area (Å²) >= 11 is 0. The summed E-state index contributed by atoms with van der Waals surface area (Å²) in [6.07, 6.45) is 8.45. The molecule has 2 amide bonds. The third kappa shape index (κ3) is 3.43. The third-order valence-electron chi connectivity index (χ3n) is 5.39. The van der Waals surface area contributed by atoms with Crippen molar-refractivity contribution in [2.75, 3.05) is 25.0 Å². The number of fused-ring (bicyclic) bond motifs is 1. The van der Waals surface area contributed by atoms with Gasteiger partial charge in [0.15, 0.2) is 0 Å². The van der Waals surface area contributed by atoms with Gasteiger partial charge >= 0.3 is 0 Å². The van der Waals surface area contributed by atoms with Crippen molar-refractivity contribution < 1.29 is 9.59 Å². The minimum Gasteiger partial charge on any atom is -0.344 e. The monoisotopic (exact) mass is 328 g/mol. The molecule has 6 nitrogen and oxygen atoms in total. The molecule has 1 atom stereocenters. The first kappa shape index (κ1) is 15.6. The highest BCUT2D eigenvalue weighted by molar-refractivity contribution is 6.00. The Morgan fingerprint density at radius 1 is 1.29 bits per heavy atom. The first-order chi connectivity index (χ1) is 11.7. The molecule has 1 aromatic heterocycles. The van der Waals surface area contributed by atoms with Crippen LogP contribution in [0.5, 0.6) is 0 Å². The van der Waals surface area contributed by atoms with Crippen LogP contribution >= 0.6 is 0 Å². The molecule has 0 spiro atoms. The van der Waals surface area contributed by atoms with E-state index >= 15 is 0 Å². The summed E-state index contributed by atoms with van der Waals surface area (Å²) in [6.45, 7) is 3.19. The van der Waals surface area contributed by atoms with Crippen LogP contribution in [0.2, 0.25) is 0 Å². The lowest BCUT2D eigenvalue weighted by molar-refractivity contribution is -0.130. The van der Waals surface area contributed by atoms with Crippen LogP contribution in [0.4, 0.5) is 5.69 Å². The molecule has 0 bridgehead atoms. The van der Waals surface area contributed by atoms with E-state index in [0.717, 1.165) is 43.1 Å². The van der Waals surface area contributed by atoms with Crippen molar-refractivity contribution in [3.8, 4) is 0 Å². The minimum absolute atomic E-state index is 0.0218. The van der Waals surface area contributed by atoms with Gasteiger partial charge in [0, 0.05) is 37.0 Å². The van der Waals surface area contributed by atoms with Gasteiger partial charge in [0.1, 0.15) is 6.04 Å². The normalized spacial score (nSPS) is 25.0. The summed E-state index contributed by atoms with van der Waals surface area (Å²) in [5, 5.41) is 5.80. The predicted molar refractivity (Wildman–Crippen MR) is 90.4 cm³/mol. The molecule has 2 aliphatic heterocycles. The highest BCUT2D eigenvalue weighted by atomic mass is 16.2. The molecule has 1 aliphatic carbocycles. The van der Waals surface area contributed by atoms with Gasteiger partial charge in [0.05, 0.1) is 0 Å². The van der Waals surface area contributed by atoms with Crippen molar-refractivity contribution in [1.29, 1.82) is 0 Å². The molecule has 1 aromatic rings. The zero-order valence-corrected chi connectivity index (χ0v) is 13.8. The molecule has 0 aromatic carbocycles. The number of amides is 2. The maximum Gasteiger partial charge on any atom is 0.247 e. The van der Waals surface area contributed by atoms with Crippen LogP contribution in [-0.4, -0.2) is 47.4 Å². The van der Waals surface area contributed by atoms with Gasteiger partial charge in [0.2, 0.25) is 11.8 Å². The van der Waals surface area contributed by atoms with Crippen molar-refractivity contribution in [3.63, 3.8) is 0 Å². The van der Waals surface area contributed by atoms with E-state index in [2.05, 4.69) is 20.5 Å². The van der Waals surface area contributed by atoms with Crippen LogP contribution in [0.25, 0.3) is 0 Å². The van der Waals surface area contributed by atoms with Crippen LogP contribution in [0, 0.1) is 11.8 Å². The molecule has 1 saturated heterocycles. The lowest BCUT2D eigenvalue weighted by Gasteiger charge is -2.32. The van der Waals surface area contributed by atoms with Crippen LogP contribution in [0.3, 0.4) is 0 Å². The van der Waals surface area contributed by atoms with E-state index in [4.69, 9.17) is 0 Å². The van der Waals surface area contributed by atoms with Crippen LogP contribution in [0.15, 0.2) is 18.5 Å². The number of hydrogen-bond donors (Lipinski definition) is 2. The van der Waals surface area contributed by atoms with Crippen molar-refractivity contribution in [2.24, 2.45) is 11.8 Å². The van der Waals surface area contributed by atoms with E-state index in [1.54, 1.807) is 18.5 Å². The Morgan fingerprint density at radius 2 is 2.08 bits per heavy atom. The van der Waals surface area contributed by atoms with Crippen molar-refractivity contribution in [3.05, 3.63) is 24.0 Å². The Hall–Kier alpha value is -1.95. The molecular formula is C18H24N4O2. The Bertz CT molecular complexity index is 636. The fraction of sp³-hybridized carbons (Fsp3) is 0.611. The minimum atomic E-state index is -0.487. The molecule has 128 valence electrons. The summed E-state index contributed by atoms with van der Waals surface area (Å²) in [6, 6.07) is 1.31. The Labute approximate surface area is 142 Å². The third-order valence-corrected chi connectivity index (χ3v) is 5.39. The quantitative estimate of drug-likeness (QED) is 0.870. The molecular weight excluding hydrogens is 304 g/mol. The maximum absolute atomic E-state index is 12.5. The van der Waals surface area contributed by atoms with Gasteiger partial charge in [-0.2, -0.15) is 0 Å². The number of pyridine rings is 1. The topological polar surface area (TPSA) is 74.3 Å². The van der Waals surface area contributed by atoms with E-state index in [-0.39, 0.29) is 17.7 Å². The number of anilines is 1. The zero-order chi connectivity index (χ0) is 16.5. The Morgan fingerprint density at radius 3 is 2.83 bits per heavy atom. The van der Waals surface area contributed by atoms with E-state index in [0.29, 0.717) is 6.42 Å². The van der Waals surface area contributed by atoms with Gasteiger partial charge in [-0.25, -0.2) is 0 Å². The van der Waals surface area contributed by atoms with Crippen molar-refractivity contribution in [1.82, 2.24) is 15.2 Å². The molecule has 4 rings (SSSR count). The van der Waals surface area contributed by atoms with E-state index < -0.39 is 6.04 Å². The second kappa shape index (κ2) is 6.51. The highest BCUT2D eigenvalue weighted by Gasteiger charge is 2.32. The van der Waals surface area contributed by atoms with Crippen molar-refractivity contribution >= 4 is 17.5 Å². The number of carbonyl (C=O) groups excluding carboxylic acids is 2. The smallest absolute Gasteiger partial charge is 0.247 e. The molecule has 2 fully saturated rings. The number of aromatic nitrogens is 1. The van der Waals surface area contributed by atoms with E-state index in [1.807, 2.05) is 0 Å². The molecule has 2 N–H and O–H groups in total. The second-order valence-electron chi connectivity index (χ2n) is 7.31. The summed E-state index contributed by atoms with van der Waals surface area (Å²) in [7, 11) is 0. The van der Waals surface area contributed by atoms with Crippen molar-refractivity contribution in [2.45, 2.75) is 38.1 Å². The number of hydrogen-bond acceptors (Lipinski definition) is 4. The maximum atomic E-state index is 12.5. The Balaban J connectivity index is 1.30. The molecule has 1 saturated carbocycles. The standard InChI is InChI=1S/C18H24N4O2/c23-17(13-4-7-22(8-5-13)11-12-1-2-12)21-16-9-14-10-19-6-3-15(14)20-18(16)24/h3,6,10,12-13,16H,1-2,4-5,7-9,11H2,(H,20,24)(H,21,23). The van der Waals surface area contributed by atoms with Gasteiger partial charge in [-0.1, -0.05) is 0 Å². The number of rotatable bonds is 4. The fourth-order valence-electron chi connectivity index (χ4n) is 3.69. The Kier molecular flexibility index (Phi) is 4.22. The van der Waals surface area contributed by atoms with Gasteiger partial charge in [0.25, 0.3) is 0 Å². The molecule has 3 aliphatic rings. The highest BCUT2D eigenvalue weighted by Crippen LogP contribution is 2.31. The summed E-state index contributed by atoms with van der Waals surface area (Å²) < 4.78 is 0. The zero-order valence-electron chi connectivity index (χ0n) is 13.8. The average Bonchev–Trinajstić information content (AvgIpc) is 3.40. The lowest BCUT2D eigenvalue weighted by Crippen LogP contribution is -2.50. The molecule has 1 unspecified atom stereocenters. The number of piperidine rings is 1. The first-order valence-electron chi connectivity index (χ1n) is 8.95. The number of carbonyl (C=O) groups is 2. The van der Waals surface area contributed by atoms with Gasteiger partial charge < -0.3 is 15.5 Å². The van der Waals surface area contributed by atoms with Gasteiger partial charge in [-0.3, -0.25) is 14.6 Å². The van der Waals surface area contributed by atoms with Crippen LogP contribution in [0.1, 0.15) is 31.2 Å². The van der Waals surface area contributed by atoms with E-state index in [1.165, 1.54) is 19.4 Å². The predicted octanol–water partition coefficient (Wildman–Crippen LogP) is 1.18. The molecule has 24 heavy (non-hydrogen) atoms. The van der Waals surface area contributed by atoms with Gasteiger partial charge in [-0.15, -0.1) is 0 Å². The molecule has 0 radical (unpaired) electrons. The lowest BCUT2D eigenvalue weighted by atomic mass is 9.94. The van der Waals surface area contributed by atoms with Gasteiger partial charge in [-0.05, 0) is 56.3 Å². The average molecular weight is 328 g/mol. The molecule has 6 heteroatoms. The molecule has 3 heterocycles. The number of nitrogens with zero attached hydrogens (tertiary/aromatic N) is 2. The second-order valence-corrected chi connectivity index (χ2v) is 7.31. The van der Waals surface area contributed by atoms with E-state index in [9.17, 15) is 9.59 Å². The van der Waals surface area contributed by atoms with Crippen LogP contribution < -0.4 is 10.6 Å². The fourth-order valence-corrected chi connectivity index (χ4v) is 3.69. The summed E-state index contributed by atoms with van der Waals surface area (Å²) in [5.74, 6) is 0.820. The largest absolute Gasteiger partial charge is 0.344 e. The SMILES string of the molecule is O=C(NC1Cc2cnccc2NC1=O)C1CCN(CC2CC2)CC1.